The van der Waals surface area contributed by atoms with Gasteiger partial charge in [-0.25, -0.2) is 4.79 Å². The summed E-state index contributed by atoms with van der Waals surface area (Å²) in [5, 5.41) is 9.27. The van der Waals surface area contributed by atoms with Crippen molar-refractivity contribution >= 4 is 11.5 Å². The van der Waals surface area contributed by atoms with Gasteiger partial charge < -0.3 is 9.84 Å². The third-order valence-electron chi connectivity index (χ3n) is 3.64. The Bertz CT molecular complexity index is 474. The number of aromatic hydroxyl groups is 1. The molecule has 0 spiro atoms. The zero-order valence-corrected chi connectivity index (χ0v) is 12.0. The Morgan fingerprint density at radius 1 is 1.20 bits per heavy atom. The largest absolute Gasteiger partial charge is 0.508 e. The lowest BCUT2D eigenvalue weighted by Gasteiger charge is -2.22. The van der Waals surface area contributed by atoms with Gasteiger partial charge in [0.15, 0.2) is 0 Å². The van der Waals surface area contributed by atoms with Crippen molar-refractivity contribution < 1.29 is 14.6 Å². The van der Waals surface area contributed by atoms with Crippen molar-refractivity contribution in [3.8, 4) is 5.75 Å². The molecule has 1 aliphatic rings. The van der Waals surface area contributed by atoms with Gasteiger partial charge in [-0.15, -0.1) is 0 Å². The Morgan fingerprint density at radius 2 is 1.95 bits per heavy atom. The maximum atomic E-state index is 12.0. The number of benzene rings is 1. The van der Waals surface area contributed by atoms with Crippen LogP contribution < -0.4 is 0 Å². The average molecular weight is 274 g/mol. The van der Waals surface area contributed by atoms with Gasteiger partial charge in [0.1, 0.15) is 11.9 Å². The first-order valence-corrected chi connectivity index (χ1v) is 7.41. The minimum absolute atomic E-state index is 0.0280. The minimum atomic E-state index is -0.248. The molecule has 1 aromatic rings. The van der Waals surface area contributed by atoms with Gasteiger partial charge in [-0.3, -0.25) is 0 Å². The molecule has 0 fully saturated rings. The molecule has 108 valence electrons. The highest BCUT2D eigenvalue weighted by Crippen LogP contribution is 2.26. The van der Waals surface area contributed by atoms with Crippen LogP contribution in [0.2, 0.25) is 0 Å². The number of cyclic esters (lactones) is 1. The highest BCUT2D eigenvalue weighted by molar-refractivity contribution is 6.17. The van der Waals surface area contributed by atoms with Crippen LogP contribution in [0.3, 0.4) is 0 Å². The Kier molecular flexibility index (Phi) is 5.22. The lowest BCUT2D eigenvalue weighted by molar-refractivity contribution is -0.143. The van der Waals surface area contributed by atoms with Crippen LogP contribution in [0, 0.1) is 0 Å². The van der Waals surface area contributed by atoms with Crippen molar-refractivity contribution in [2.75, 3.05) is 0 Å². The van der Waals surface area contributed by atoms with Crippen molar-refractivity contribution in [2.24, 2.45) is 0 Å². The summed E-state index contributed by atoms with van der Waals surface area (Å²) in [6.07, 6.45) is 8.51. The van der Waals surface area contributed by atoms with Crippen LogP contribution in [-0.2, 0) is 9.53 Å². The van der Waals surface area contributed by atoms with Crippen LogP contribution in [0.4, 0.5) is 0 Å². The fourth-order valence-corrected chi connectivity index (χ4v) is 2.45. The van der Waals surface area contributed by atoms with E-state index in [4.69, 9.17) is 4.74 Å². The SMILES string of the molecule is CCCCCC[C@@H]1CC=C(c2ccc(O)cc2)C(=O)O1. The molecule has 0 aromatic heterocycles. The molecule has 1 aromatic carbocycles. The van der Waals surface area contributed by atoms with E-state index < -0.39 is 0 Å². The minimum Gasteiger partial charge on any atom is -0.508 e. The van der Waals surface area contributed by atoms with Crippen molar-refractivity contribution in [2.45, 2.75) is 51.6 Å². The number of hydrogen-bond donors (Lipinski definition) is 1. The zero-order valence-electron chi connectivity index (χ0n) is 12.0. The molecule has 0 radical (unpaired) electrons. The van der Waals surface area contributed by atoms with E-state index in [0.717, 1.165) is 24.8 Å². The lowest BCUT2D eigenvalue weighted by Crippen LogP contribution is -2.23. The van der Waals surface area contributed by atoms with Gasteiger partial charge in [-0.1, -0.05) is 44.4 Å². The van der Waals surface area contributed by atoms with Gasteiger partial charge >= 0.3 is 5.97 Å². The van der Waals surface area contributed by atoms with Crippen molar-refractivity contribution in [1.82, 2.24) is 0 Å². The second-order valence-corrected chi connectivity index (χ2v) is 5.28. The van der Waals surface area contributed by atoms with E-state index in [1.165, 1.54) is 19.3 Å². The molecule has 0 saturated heterocycles. The quantitative estimate of drug-likeness (QED) is 0.628. The summed E-state index contributed by atoms with van der Waals surface area (Å²) < 4.78 is 5.49. The molecule has 1 aliphatic heterocycles. The van der Waals surface area contributed by atoms with Crippen LogP contribution >= 0.6 is 0 Å². The van der Waals surface area contributed by atoms with Crippen LogP contribution in [0.25, 0.3) is 5.57 Å². The smallest absolute Gasteiger partial charge is 0.338 e. The number of carbonyl (C=O) groups is 1. The zero-order chi connectivity index (χ0) is 14.4. The third-order valence-corrected chi connectivity index (χ3v) is 3.64. The van der Waals surface area contributed by atoms with E-state index in [0.29, 0.717) is 5.57 Å². The fourth-order valence-electron chi connectivity index (χ4n) is 2.45. The number of esters is 1. The first-order chi connectivity index (χ1) is 9.70. The lowest BCUT2D eigenvalue weighted by atomic mass is 9.98. The molecule has 1 atom stereocenters. The molecule has 1 N–H and O–H groups in total. The second-order valence-electron chi connectivity index (χ2n) is 5.28. The first kappa shape index (κ1) is 14.6. The number of ether oxygens (including phenoxy) is 1. The topological polar surface area (TPSA) is 46.5 Å². The van der Waals surface area contributed by atoms with Crippen LogP contribution in [0.1, 0.15) is 51.0 Å². The first-order valence-electron chi connectivity index (χ1n) is 7.41. The standard InChI is InChI=1S/C17H22O3/c1-2-3-4-5-6-15-11-12-16(17(19)20-15)13-7-9-14(18)10-8-13/h7-10,12,15,18H,2-6,11H2,1H3/t15-/m1/s1. The van der Waals surface area contributed by atoms with Crippen LogP contribution in [0.15, 0.2) is 30.3 Å². The van der Waals surface area contributed by atoms with Gasteiger partial charge in [0.05, 0.1) is 5.57 Å². The summed E-state index contributed by atoms with van der Waals surface area (Å²) in [5.41, 5.74) is 1.41. The maximum absolute atomic E-state index is 12.0. The summed E-state index contributed by atoms with van der Waals surface area (Å²) in [6, 6.07) is 6.65. The van der Waals surface area contributed by atoms with E-state index in [2.05, 4.69) is 6.92 Å². The van der Waals surface area contributed by atoms with E-state index in [9.17, 15) is 9.90 Å². The molecule has 0 bridgehead atoms. The molecule has 0 unspecified atom stereocenters. The van der Waals surface area contributed by atoms with Crippen molar-refractivity contribution in [1.29, 1.82) is 0 Å². The van der Waals surface area contributed by atoms with Crippen molar-refractivity contribution in [3.63, 3.8) is 0 Å². The highest BCUT2D eigenvalue weighted by Gasteiger charge is 2.23. The summed E-state index contributed by atoms with van der Waals surface area (Å²) >= 11 is 0. The van der Waals surface area contributed by atoms with Crippen molar-refractivity contribution in [3.05, 3.63) is 35.9 Å². The molecule has 0 amide bonds. The molecule has 3 nitrogen and oxygen atoms in total. The molecule has 0 aliphatic carbocycles. The Morgan fingerprint density at radius 3 is 2.60 bits per heavy atom. The molecular formula is C17H22O3. The van der Waals surface area contributed by atoms with Crippen LogP contribution in [-0.4, -0.2) is 17.2 Å². The summed E-state index contributed by atoms with van der Waals surface area (Å²) in [6.45, 7) is 2.19. The highest BCUT2D eigenvalue weighted by atomic mass is 16.5. The van der Waals surface area contributed by atoms with Crippen LogP contribution in [0.5, 0.6) is 5.75 Å². The van der Waals surface area contributed by atoms with E-state index in [1.54, 1.807) is 24.3 Å². The Labute approximate surface area is 120 Å². The van der Waals surface area contributed by atoms with Gasteiger partial charge in [-0.2, -0.15) is 0 Å². The number of carbonyl (C=O) groups excluding carboxylic acids is 1. The molecule has 1 heterocycles. The number of unbranched alkanes of at least 4 members (excludes halogenated alkanes) is 3. The van der Waals surface area contributed by atoms with Gasteiger partial charge in [-0.05, 0) is 30.5 Å². The molecule has 2 rings (SSSR count). The number of phenols is 1. The molecular weight excluding hydrogens is 252 g/mol. The Hall–Kier alpha value is -1.77. The number of rotatable bonds is 6. The van der Waals surface area contributed by atoms with E-state index in [1.807, 2.05) is 6.08 Å². The monoisotopic (exact) mass is 274 g/mol. The number of phenolic OH excluding ortho intramolecular Hbond substituents is 1. The maximum Gasteiger partial charge on any atom is 0.338 e. The summed E-state index contributed by atoms with van der Waals surface area (Å²) in [5.74, 6) is -0.0465. The van der Waals surface area contributed by atoms with Gasteiger partial charge in [0.25, 0.3) is 0 Å². The van der Waals surface area contributed by atoms with E-state index in [-0.39, 0.29) is 17.8 Å². The average Bonchev–Trinajstić information content (AvgIpc) is 2.45. The predicted octanol–water partition coefficient (Wildman–Crippen LogP) is 4.06. The fraction of sp³-hybridized carbons (Fsp3) is 0.471. The van der Waals surface area contributed by atoms with E-state index >= 15 is 0 Å². The number of hydrogen-bond acceptors (Lipinski definition) is 3. The Balaban J connectivity index is 1.92. The normalized spacial score (nSPS) is 18.6. The third kappa shape index (κ3) is 3.86. The summed E-state index contributed by atoms with van der Waals surface area (Å²) in [7, 11) is 0. The molecule has 3 heteroatoms. The molecule has 20 heavy (non-hydrogen) atoms. The predicted molar refractivity (Wildman–Crippen MR) is 79.3 cm³/mol. The molecule has 0 saturated carbocycles. The van der Waals surface area contributed by atoms with Gasteiger partial charge in [0, 0.05) is 6.42 Å². The second kappa shape index (κ2) is 7.13. The van der Waals surface area contributed by atoms with Gasteiger partial charge in [0.2, 0.25) is 0 Å². The summed E-state index contributed by atoms with van der Waals surface area (Å²) in [4.78, 5) is 12.0.